The average Bonchev–Trinajstić information content (AvgIpc) is 2.30. The molecule has 0 atom stereocenters. The lowest BCUT2D eigenvalue weighted by Crippen LogP contribution is -2.45. The van der Waals surface area contributed by atoms with Crippen molar-refractivity contribution in [2.75, 3.05) is 32.7 Å². The van der Waals surface area contributed by atoms with E-state index in [4.69, 9.17) is 0 Å². The summed E-state index contributed by atoms with van der Waals surface area (Å²) in [6, 6.07) is 0. The van der Waals surface area contributed by atoms with Crippen molar-refractivity contribution in [1.82, 2.24) is 10.2 Å². The predicted octanol–water partition coefficient (Wildman–Crippen LogP) is 2.89. The zero-order chi connectivity index (χ0) is 11.9. The van der Waals surface area contributed by atoms with Gasteiger partial charge in [0.15, 0.2) is 0 Å². The van der Waals surface area contributed by atoms with Crippen LogP contribution in [0.1, 0.15) is 52.9 Å². The summed E-state index contributed by atoms with van der Waals surface area (Å²) in [6.45, 7) is 13.2. The first-order valence-electron chi connectivity index (χ1n) is 7.19. The third-order valence-electron chi connectivity index (χ3n) is 3.99. The van der Waals surface area contributed by atoms with Crippen molar-refractivity contribution in [2.24, 2.45) is 5.41 Å². The van der Waals surface area contributed by atoms with Gasteiger partial charge in [0.2, 0.25) is 0 Å². The molecule has 1 saturated heterocycles. The topological polar surface area (TPSA) is 15.3 Å². The number of piperidine rings is 1. The highest BCUT2D eigenvalue weighted by Crippen LogP contribution is 2.34. The largest absolute Gasteiger partial charge is 0.317 e. The van der Waals surface area contributed by atoms with Gasteiger partial charge in [-0.1, -0.05) is 27.2 Å². The second-order valence-electron chi connectivity index (χ2n) is 5.37. The molecule has 0 spiro atoms. The normalized spacial score (nSPS) is 20.2. The Morgan fingerprint density at radius 2 is 1.75 bits per heavy atom. The predicted molar refractivity (Wildman–Crippen MR) is 71.8 cm³/mol. The molecule has 1 fully saturated rings. The fourth-order valence-electron chi connectivity index (χ4n) is 3.11. The number of nitrogens with zero attached hydrogens (tertiary/aromatic N) is 1. The molecule has 1 heterocycles. The fraction of sp³-hybridized carbons (Fsp3) is 1.00. The van der Waals surface area contributed by atoms with Crippen LogP contribution in [0.4, 0.5) is 0 Å². The maximum atomic E-state index is 3.50. The third-order valence-corrected chi connectivity index (χ3v) is 3.99. The van der Waals surface area contributed by atoms with E-state index in [1.165, 1.54) is 64.8 Å². The molecule has 1 N–H and O–H groups in total. The Kier molecular flexibility index (Phi) is 6.37. The summed E-state index contributed by atoms with van der Waals surface area (Å²) < 4.78 is 0. The van der Waals surface area contributed by atoms with Crippen LogP contribution in [0.3, 0.4) is 0 Å². The van der Waals surface area contributed by atoms with Crippen molar-refractivity contribution in [3.63, 3.8) is 0 Å². The molecule has 0 aromatic heterocycles. The van der Waals surface area contributed by atoms with Crippen LogP contribution in [0.2, 0.25) is 0 Å². The molecule has 0 aliphatic carbocycles. The van der Waals surface area contributed by atoms with Gasteiger partial charge in [-0.2, -0.15) is 0 Å². The molecule has 1 aliphatic rings. The van der Waals surface area contributed by atoms with Gasteiger partial charge in [0, 0.05) is 6.54 Å². The standard InChI is InChI=1S/C14H30N2/c1-4-7-14(8-10-15-11-9-14)13-16(6-3)12-5-2/h15H,4-13H2,1-3H3. The van der Waals surface area contributed by atoms with E-state index in [0.29, 0.717) is 5.41 Å². The molecule has 0 aromatic carbocycles. The Balaban J connectivity index is 2.53. The molecule has 0 saturated carbocycles. The van der Waals surface area contributed by atoms with E-state index >= 15 is 0 Å². The highest BCUT2D eigenvalue weighted by molar-refractivity contribution is 4.87. The van der Waals surface area contributed by atoms with E-state index < -0.39 is 0 Å². The Morgan fingerprint density at radius 3 is 2.25 bits per heavy atom. The van der Waals surface area contributed by atoms with Crippen LogP contribution in [0, 0.1) is 5.41 Å². The number of rotatable bonds is 7. The summed E-state index contributed by atoms with van der Waals surface area (Å²) >= 11 is 0. The number of nitrogens with one attached hydrogen (secondary N) is 1. The van der Waals surface area contributed by atoms with Crippen LogP contribution in [0.5, 0.6) is 0 Å². The van der Waals surface area contributed by atoms with Gasteiger partial charge in [0.25, 0.3) is 0 Å². The second kappa shape index (κ2) is 7.29. The van der Waals surface area contributed by atoms with Crippen LogP contribution >= 0.6 is 0 Å². The highest BCUT2D eigenvalue weighted by Gasteiger charge is 2.32. The first-order chi connectivity index (χ1) is 7.76. The van der Waals surface area contributed by atoms with Crippen molar-refractivity contribution >= 4 is 0 Å². The van der Waals surface area contributed by atoms with Crippen LogP contribution < -0.4 is 5.32 Å². The van der Waals surface area contributed by atoms with Crippen molar-refractivity contribution in [1.29, 1.82) is 0 Å². The molecule has 0 radical (unpaired) electrons. The van der Waals surface area contributed by atoms with Gasteiger partial charge in [-0.3, -0.25) is 0 Å². The molecule has 96 valence electrons. The molecule has 0 aromatic rings. The van der Waals surface area contributed by atoms with E-state index in [9.17, 15) is 0 Å². The summed E-state index contributed by atoms with van der Waals surface area (Å²) in [5, 5.41) is 3.50. The van der Waals surface area contributed by atoms with Crippen molar-refractivity contribution < 1.29 is 0 Å². The molecule has 16 heavy (non-hydrogen) atoms. The SMILES string of the molecule is CCCN(CC)CC1(CCC)CCNCC1. The molecule has 0 amide bonds. The smallest absolute Gasteiger partial charge is 0.00388 e. The quantitative estimate of drug-likeness (QED) is 0.718. The minimum absolute atomic E-state index is 0.616. The molecule has 2 nitrogen and oxygen atoms in total. The summed E-state index contributed by atoms with van der Waals surface area (Å²) in [4.78, 5) is 2.65. The van der Waals surface area contributed by atoms with E-state index in [1.807, 2.05) is 0 Å². The van der Waals surface area contributed by atoms with Gasteiger partial charge in [0.1, 0.15) is 0 Å². The average molecular weight is 226 g/mol. The zero-order valence-corrected chi connectivity index (χ0v) is 11.5. The van der Waals surface area contributed by atoms with E-state index in [1.54, 1.807) is 0 Å². The summed E-state index contributed by atoms with van der Waals surface area (Å²) in [6.07, 6.45) is 6.79. The Hall–Kier alpha value is -0.0800. The van der Waals surface area contributed by atoms with Crippen molar-refractivity contribution in [2.45, 2.75) is 52.9 Å². The molecule has 1 rings (SSSR count). The van der Waals surface area contributed by atoms with E-state index in [0.717, 1.165) is 0 Å². The van der Waals surface area contributed by atoms with Crippen LogP contribution in [0.15, 0.2) is 0 Å². The highest BCUT2D eigenvalue weighted by atomic mass is 15.1. The Morgan fingerprint density at radius 1 is 1.06 bits per heavy atom. The molecule has 0 bridgehead atoms. The van der Waals surface area contributed by atoms with Gasteiger partial charge in [0.05, 0.1) is 0 Å². The first-order valence-corrected chi connectivity index (χ1v) is 7.19. The van der Waals surface area contributed by atoms with Crippen LogP contribution in [0.25, 0.3) is 0 Å². The number of hydrogen-bond donors (Lipinski definition) is 1. The lowest BCUT2D eigenvalue weighted by Gasteiger charge is -2.41. The number of hydrogen-bond acceptors (Lipinski definition) is 2. The Labute approximate surface area is 102 Å². The van der Waals surface area contributed by atoms with Gasteiger partial charge < -0.3 is 10.2 Å². The maximum absolute atomic E-state index is 3.50. The van der Waals surface area contributed by atoms with Gasteiger partial charge >= 0.3 is 0 Å². The fourth-order valence-corrected chi connectivity index (χ4v) is 3.11. The minimum Gasteiger partial charge on any atom is -0.317 e. The first kappa shape index (κ1) is 14.0. The molecule has 2 heteroatoms. The zero-order valence-electron chi connectivity index (χ0n) is 11.5. The van der Waals surface area contributed by atoms with Crippen LogP contribution in [-0.4, -0.2) is 37.6 Å². The molecule has 1 aliphatic heterocycles. The second-order valence-corrected chi connectivity index (χ2v) is 5.37. The minimum atomic E-state index is 0.616. The third kappa shape index (κ3) is 4.06. The van der Waals surface area contributed by atoms with Gasteiger partial charge in [-0.05, 0) is 57.3 Å². The van der Waals surface area contributed by atoms with Gasteiger partial charge in [-0.25, -0.2) is 0 Å². The summed E-state index contributed by atoms with van der Waals surface area (Å²) in [7, 11) is 0. The van der Waals surface area contributed by atoms with E-state index in [-0.39, 0.29) is 0 Å². The molecular weight excluding hydrogens is 196 g/mol. The molecule has 0 unspecified atom stereocenters. The maximum Gasteiger partial charge on any atom is 0.00388 e. The summed E-state index contributed by atoms with van der Waals surface area (Å²) in [5.41, 5.74) is 0.616. The lowest BCUT2D eigenvalue weighted by atomic mass is 9.75. The monoisotopic (exact) mass is 226 g/mol. The van der Waals surface area contributed by atoms with E-state index in [2.05, 4.69) is 31.0 Å². The van der Waals surface area contributed by atoms with Gasteiger partial charge in [-0.15, -0.1) is 0 Å². The van der Waals surface area contributed by atoms with Crippen LogP contribution in [-0.2, 0) is 0 Å². The lowest BCUT2D eigenvalue weighted by molar-refractivity contribution is 0.104. The summed E-state index contributed by atoms with van der Waals surface area (Å²) in [5.74, 6) is 0. The van der Waals surface area contributed by atoms with Crippen molar-refractivity contribution in [3.8, 4) is 0 Å². The Bertz CT molecular complexity index is 168. The van der Waals surface area contributed by atoms with Crippen molar-refractivity contribution in [3.05, 3.63) is 0 Å². The molecular formula is C14H30N2.